The van der Waals surface area contributed by atoms with E-state index >= 15 is 0 Å². The first-order valence-electron chi connectivity index (χ1n) is 8.00. The molecule has 1 saturated heterocycles. The van der Waals surface area contributed by atoms with E-state index < -0.39 is 11.9 Å². The number of carbonyl (C=O) groups excluding carboxylic acids is 3. The molecule has 0 unspecified atom stereocenters. The molecule has 1 N–H and O–H groups in total. The van der Waals surface area contributed by atoms with Gasteiger partial charge in [0.05, 0.1) is 18.8 Å². The average Bonchev–Trinajstić information content (AvgIpc) is 3.16. The Kier molecular flexibility index (Phi) is 7.16. The molecule has 1 fully saturated rings. The predicted octanol–water partition coefficient (Wildman–Crippen LogP) is 1.32. The van der Waals surface area contributed by atoms with E-state index in [2.05, 4.69) is 10.1 Å². The lowest BCUT2D eigenvalue weighted by Crippen LogP contribution is -2.34. The van der Waals surface area contributed by atoms with Gasteiger partial charge in [-0.25, -0.2) is 9.59 Å². The molecule has 7 nitrogen and oxygen atoms in total. The summed E-state index contributed by atoms with van der Waals surface area (Å²) in [7, 11) is 1.31. The quantitative estimate of drug-likeness (QED) is 0.591. The molecule has 25 heavy (non-hydrogen) atoms. The second-order valence-electron chi connectivity index (χ2n) is 5.49. The number of benzene rings is 1. The molecule has 0 radical (unpaired) electrons. The zero-order valence-electron chi connectivity index (χ0n) is 14.0. The second-order valence-corrected chi connectivity index (χ2v) is 5.49. The molecule has 2 rings (SSSR count). The summed E-state index contributed by atoms with van der Waals surface area (Å²) in [4.78, 5) is 34.5. The van der Waals surface area contributed by atoms with Crippen LogP contribution in [-0.4, -0.2) is 50.8 Å². The van der Waals surface area contributed by atoms with Crippen molar-refractivity contribution in [3.8, 4) is 0 Å². The minimum atomic E-state index is -0.621. The molecule has 7 heteroatoms. The van der Waals surface area contributed by atoms with E-state index in [0.717, 1.165) is 19.4 Å². The van der Waals surface area contributed by atoms with Gasteiger partial charge in [0.2, 0.25) is 0 Å². The first kappa shape index (κ1) is 18.7. The number of hydrogen-bond acceptors (Lipinski definition) is 6. The van der Waals surface area contributed by atoms with Crippen LogP contribution in [0.4, 0.5) is 0 Å². The number of nitrogens with one attached hydrogen (secondary N) is 1. The third-order valence-electron chi connectivity index (χ3n) is 3.64. The first-order valence-corrected chi connectivity index (χ1v) is 8.00. The van der Waals surface area contributed by atoms with Gasteiger partial charge in [0.15, 0.2) is 6.61 Å². The van der Waals surface area contributed by atoms with Gasteiger partial charge in [-0.05, 0) is 36.6 Å². The Labute approximate surface area is 145 Å². The summed E-state index contributed by atoms with van der Waals surface area (Å²) in [6, 6.07) is 6.53. The highest BCUT2D eigenvalue weighted by atomic mass is 16.5. The van der Waals surface area contributed by atoms with Gasteiger partial charge < -0.3 is 19.5 Å². The van der Waals surface area contributed by atoms with Crippen molar-refractivity contribution in [1.29, 1.82) is 0 Å². The van der Waals surface area contributed by atoms with Crippen molar-refractivity contribution in [2.75, 3.05) is 26.9 Å². The van der Waals surface area contributed by atoms with Crippen LogP contribution in [0, 0.1) is 0 Å². The Bertz CT molecular complexity index is 631. The lowest BCUT2D eigenvalue weighted by molar-refractivity contribution is -0.143. The van der Waals surface area contributed by atoms with Crippen LogP contribution < -0.4 is 5.32 Å². The number of rotatable bonds is 7. The lowest BCUT2D eigenvalue weighted by atomic mass is 10.1. The summed E-state index contributed by atoms with van der Waals surface area (Å²) in [5, 5.41) is 2.67. The summed E-state index contributed by atoms with van der Waals surface area (Å²) >= 11 is 0. The molecule has 0 bridgehead atoms. The van der Waals surface area contributed by atoms with Crippen LogP contribution in [0.15, 0.2) is 30.3 Å². The normalized spacial score (nSPS) is 16.6. The monoisotopic (exact) mass is 347 g/mol. The molecule has 0 aromatic heterocycles. The largest absolute Gasteiger partial charge is 0.465 e. The van der Waals surface area contributed by atoms with Crippen molar-refractivity contribution in [3.05, 3.63) is 41.5 Å². The van der Waals surface area contributed by atoms with E-state index in [1.807, 2.05) is 0 Å². The van der Waals surface area contributed by atoms with Gasteiger partial charge in [-0.1, -0.05) is 12.1 Å². The van der Waals surface area contributed by atoms with Crippen LogP contribution in [0.2, 0.25) is 0 Å². The van der Waals surface area contributed by atoms with Crippen LogP contribution in [0.1, 0.15) is 28.8 Å². The first-order chi connectivity index (χ1) is 12.1. The van der Waals surface area contributed by atoms with E-state index in [1.54, 1.807) is 24.3 Å². The topological polar surface area (TPSA) is 90.9 Å². The van der Waals surface area contributed by atoms with E-state index in [0.29, 0.717) is 17.7 Å². The summed E-state index contributed by atoms with van der Waals surface area (Å²) in [5.41, 5.74) is 1.14. The minimum absolute atomic E-state index is 0.0486. The van der Waals surface area contributed by atoms with Gasteiger partial charge in [-0.2, -0.15) is 0 Å². The molecule has 1 heterocycles. The molecular formula is C18H21NO6. The van der Waals surface area contributed by atoms with Crippen molar-refractivity contribution in [2.45, 2.75) is 18.9 Å². The molecule has 1 atom stereocenters. The Balaban J connectivity index is 1.70. The Morgan fingerprint density at radius 3 is 2.68 bits per heavy atom. The smallest absolute Gasteiger partial charge is 0.337 e. The third-order valence-corrected chi connectivity index (χ3v) is 3.64. The zero-order valence-corrected chi connectivity index (χ0v) is 14.0. The van der Waals surface area contributed by atoms with Crippen molar-refractivity contribution >= 4 is 23.9 Å². The molecule has 1 aromatic carbocycles. The molecular weight excluding hydrogens is 326 g/mol. The van der Waals surface area contributed by atoms with Crippen LogP contribution >= 0.6 is 0 Å². The van der Waals surface area contributed by atoms with Gasteiger partial charge in [0.1, 0.15) is 0 Å². The molecule has 1 aromatic rings. The van der Waals surface area contributed by atoms with Crippen LogP contribution in [-0.2, 0) is 23.8 Å². The molecule has 134 valence electrons. The van der Waals surface area contributed by atoms with Crippen LogP contribution in [0.5, 0.6) is 0 Å². The fourth-order valence-electron chi connectivity index (χ4n) is 2.28. The maximum absolute atomic E-state index is 11.6. The highest BCUT2D eigenvalue weighted by Crippen LogP contribution is 2.10. The van der Waals surface area contributed by atoms with Gasteiger partial charge in [-0.3, -0.25) is 4.79 Å². The predicted molar refractivity (Wildman–Crippen MR) is 89.8 cm³/mol. The summed E-state index contributed by atoms with van der Waals surface area (Å²) in [6.45, 7) is 0.816. The van der Waals surface area contributed by atoms with Crippen molar-refractivity contribution < 1.29 is 28.6 Å². The fraction of sp³-hybridized carbons (Fsp3) is 0.389. The Morgan fingerprint density at radius 1 is 1.28 bits per heavy atom. The minimum Gasteiger partial charge on any atom is -0.465 e. The van der Waals surface area contributed by atoms with E-state index in [1.165, 1.54) is 19.3 Å². The van der Waals surface area contributed by atoms with Gasteiger partial charge in [0, 0.05) is 19.2 Å². The third kappa shape index (κ3) is 6.39. The second kappa shape index (κ2) is 9.58. The Hall–Kier alpha value is -2.67. The average molecular weight is 347 g/mol. The highest BCUT2D eigenvalue weighted by molar-refractivity contribution is 5.91. The highest BCUT2D eigenvalue weighted by Gasteiger charge is 2.16. The maximum Gasteiger partial charge on any atom is 0.337 e. The zero-order chi connectivity index (χ0) is 18.1. The lowest BCUT2D eigenvalue weighted by Gasteiger charge is -2.10. The van der Waals surface area contributed by atoms with Crippen molar-refractivity contribution in [3.63, 3.8) is 0 Å². The molecule has 1 aliphatic rings. The van der Waals surface area contributed by atoms with Crippen LogP contribution in [0.3, 0.4) is 0 Å². The number of hydrogen-bond donors (Lipinski definition) is 1. The van der Waals surface area contributed by atoms with E-state index in [-0.39, 0.29) is 18.6 Å². The number of esters is 2. The molecule has 1 aliphatic heterocycles. The summed E-state index contributed by atoms with van der Waals surface area (Å²) < 4.78 is 14.9. The Morgan fingerprint density at radius 2 is 2.04 bits per heavy atom. The van der Waals surface area contributed by atoms with E-state index in [9.17, 15) is 14.4 Å². The number of carbonyl (C=O) groups is 3. The summed E-state index contributed by atoms with van der Waals surface area (Å²) in [6.07, 6.45) is 4.74. The maximum atomic E-state index is 11.6. The SMILES string of the molecule is COC(=O)c1ccc(/C=C/C(=O)OCC(=O)NC[C@H]2CCCO2)cc1. The van der Waals surface area contributed by atoms with Crippen LogP contribution in [0.25, 0.3) is 6.08 Å². The summed E-state index contributed by atoms with van der Waals surface area (Å²) in [5.74, 6) is -1.41. The van der Waals surface area contributed by atoms with E-state index in [4.69, 9.17) is 9.47 Å². The fourth-order valence-corrected chi connectivity index (χ4v) is 2.28. The van der Waals surface area contributed by atoms with Gasteiger partial charge in [-0.15, -0.1) is 0 Å². The molecule has 0 spiro atoms. The molecule has 0 aliphatic carbocycles. The standard InChI is InChI=1S/C18H21NO6/c1-23-18(22)14-7-4-13(5-8-14)6-9-17(21)25-12-16(20)19-11-15-3-2-10-24-15/h4-9,15H,2-3,10-12H2,1H3,(H,19,20)/b9-6+/t15-/m1/s1. The van der Waals surface area contributed by atoms with Gasteiger partial charge in [0.25, 0.3) is 5.91 Å². The molecule has 1 amide bonds. The van der Waals surface area contributed by atoms with Crippen molar-refractivity contribution in [1.82, 2.24) is 5.32 Å². The number of methoxy groups -OCH3 is 1. The van der Waals surface area contributed by atoms with Gasteiger partial charge >= 0.3 is 11.9 Å². The number of amides is 1. The molecule has 0 saturated carbocycles. The number of ether oxygens (including phenoxy) is 3. The van der Waals surface area contributed by atoms with Crippen molar-refractivity contribution in [2.24, 2.45) is 0 Å².